The Morgan fingerprint density at radius 2 is 1.58 bits per heavy atom. The number of amides is 2. The van der Waals surface area contributed by atoms with Gasteiger partial charge in [0.05, 0.1) is 11.9 Å². The third-order valence-electron chi connectivity index (χ3n) is 5.39. The summed E-state index contributed by atoms with van der Waals surface area (Å²) < 4.78 is 25.9. The molecule has 7 nitrogen and oxygen atoms in total. The summed E-state index contributed by atoms with van der Waals surface area (Å²) in [6.07, 6.45) is 3.49. The Hall–Kier alpha value is -2.87. The number of nitrogens with one attached hydrogen (secondary N) is 1. The number of para-hydroxylation sites is 1. The molecule has 8 heteroatoms. The van der Waals surface area contributed by atoms with E-state index in [-0.39, 0.29) is 24.8 Å². The summed E-state index contributed by atoms with van der Waals surface area (Å²) in [5.74, 6) is -0.367. The molecular formula is C25H35N3O4S. The number of hydrogen-bond acceptors (Lipinski definition) is 4. The number of sulfonamides is 1. The second kappa shape index (κ2) is 13.0. The Bertz CT molecular complexity index is 981. The molecule has 0 bridgehead atoms. The van der Waals surface area contributed by atoms with Gasteiger partial charge in [0.1, 0.15) is 6.04 Å². The molecule has 0 aliphatic carbocycles. The number of hydrogen-bond donors (Lipinski definition) is 1. The molecule has 33 heavy (non-hydrogen) atoms. The van der Waals surface area contributed by atoms with Gasteiger partial charge < -0.3 is 10.2 Å². The lowest BCUT2D eigenvalue weighted by molar-refractivity contribution is -0.140. The molecule has 1 N–H and O–H groups in total. The minimum Gasteiger partial charge on any atom is -0.354 e. The highest BCUT2D eigenvalue weighted by Gasteiger charge is 2.26. The van der Waals surface area contributed by atoms with Gasteiger partial charge in [-0.3, -0.25) is 13.9 Å². The topological polar surface area (TPSA) is 86.8 Å². The molecule has 0 aliphatic rings. The van der Waals surface area contributed by atoms with E-state index in [9.17, 15) is 18.0 Å². The molecule has 2 amide bonds. The number of anilines is 1. The lowest BCUT2D eigenvalue weighted by Gasteiger charge is -2.29. The summed E-state index contributed by atoms with van der Waals surface area (Å²) in [6.45, 7) is 4.86. The number of carbonyl (C=O) groups excluding carboxylic acids is 2. The van der Waals surface area contributed by atoms with Gasteiger partial charge in [0.2, 0.25) is 21.8 Å². The molecule has 0 unspecified atom stereocenters. The van der Waals surface area contributed by atoms with E-state index >= 15 is 0 Å². The van der Waals surface area contributed by atoms with Gasteiger partial charge in [-0.1, -0.05) is 61.9 Å². The van der Waals surface area contributed by atoms with Crippen LogP contribution in [0.5, 0.6) is 0 Å². The molecule has 0 aromatic heterocycles. The third kappa shape index (κ3) is 8.53. The van der Waals surface area contributed by atoms with Gasteiger partial charge in [-0.05, 0) is 37.5 Å². The van der Waals surface area contributed by atoms with Crippen molar-refractivity contribution in [1.82, 2.24) is 10.2 Å². The lowest BCUT2D eigenvalue weighted by atomic mass is 10.1. The van der Waals surface area contributed by atoms with Gasteiger partial charge in [-0.2, -0.15) is 0 Å². The molecule has 0 saturated carbocycles. The normalized spacial score (nSPS) is 12.1. The lowest BCUT2D eigenvalue weighted by Crippen LogP contribution is -2.47. The maximum absolute atomic E-state index is 13.2. The first kappa shape index (κ1) is 26.4. The summed E-state index contributed by atoms with van der Waals surface area (Å²) in [4.78, 5) is 27.4. The summed E-state index contributed by atoms with van der Waals surface area (Å²) in [6, 6.07) is 17.7. The highest BCUT2D eigenvalue weighted by Crippen LogP contribution is 2.18. The molecule has 2 aromatic carbocycles. The van der Waals surface area contributed by atoms with Crippen molar-refractivity contribution in [3.05, 3.63) is 66.2 Å². The monoisotopic (exact) mass is 473 g/mol. The van der Waals surface area contributed by atoms with E-state index in [1.54, 1.807) is 36.1 Å². The van der Waals surface area contributed by atoms with Gasteiger partial charge in [0.15, 0.2) is 0 Å². The zero-order valence-corrected chi connectivity index (χ0v) is 20.6. The number of nitrogens with zero attached hydrogens (tertiary/aromatic N) is 2. The quantitative estimate of drug-likeness (QED) is 0.451. The summed E-state index contributed by atoms with van der Waals surface area (Å²) in [5, 5.41) is 2.90. The highest BCUT2D eigenvalue weighted by molar-refractivity contribution is 7.92. The number of rotatable bonds is 13. The summed E-state index contributed by atoms with van der Waals surface area (Å²) in [7, 11) is -3.48. The van der Waals surface area contributed by atoms with Gasteiger partial charge in [-0.15, -0.1) is 0 Å². The van der Waals surface area contributed by atoms with Crippen molar-refractivity contribution in [2.45, 2.75) is 52.1 Å². The van der Waals surface area contributed by atoms with E-state index < -0.39 is 16.1 Å². The molecule has 2 aromatic rings. The molecule has 180 valence electrons. The van der Waals surface area contributed by atoms with Crippen molar-refractivity contribution < 1.29 is 18.0 Å². The third-order valence-corrected chi connectivity index (χ3v) is 6.58. The largest absolute Gasteiger partial charge is 0.354 e. The van der Waals surface area contributed by atoms with Gasteiger partial charge in [-0.25, -0.2) is 8.42 Å². The zero-order chi connectivity index (χ0) is 24.3. The second-order valence-corrected chi connectivity index (χ2v) is 10.0. The Balaban J connectivity index is 2.09. The van der Waals surface area contributed by atoms with Crippen LogP contribution in [0.15, 0.2) is 60.7 Å². The molecule has 0 heterocycles. The number of unbranched alkanes of at least 4 members (excludes halogenated alkanes) is 1. The van der Waals surface area contributed by atoms with E-state index in [1.165, 1.54) is 4.31 Å². The van der Waals surface area contributed by atoms with Gasteiger partial charge in [0.25, 0.3) is 0 Å². The number of carbonyl (C=O) groups is 2. The van der Waals surface area contributed by atoms with Crippen LogP contribution in [-0.2, 0) is 26.2 Å². The predicted molar refractivity (Wildman–Crippen MR) is 132 cm³/mol. The molecule has 2 rings (SSSR count). The van der Waals surface area contributed by atoms with Crippen LogP contribution in [0.4, 0.5) is 5.69 Å². The Morgan fingerprint density at radius 3 is 2.15 bits per heavy atom. The van der Waals surface area contributed by atoms with E-state index in [0.717, 1.165) is 24.7 Å². The fourth-order valence-corrected chi connectivity index (χ4v) is 4.46. The van der Waals surface area contributed by atoms with Crippen LogP contribution in [0.1, 0.15) is 45.1 Å². The SMILES string of the molecule is CCCCNC(=O)[C@H](C)N(Cc1ccccc1)C(=O)CCCN(c1ccccc1)S(C)(=O)=O. The van der Waals surface area contributed by atoms with Crippen molar-refractivity contribution in [1.29, 1.82) is 0 Å². The first-order valence-electron chi connectivity index (χ1n) is 11.4. The van der Waals surface area contributed by atoms with Crippen molar-refractivity contribution in [2.75, 3.05) is 23.7 Å². The van der Waals surface area contributed by atoms with E-state index in [0.29, 0.717) is 25.2 Å². The van der Waals surface area contributed by atoms with Gasteiger partial charge >= 0.3 is 0 Å². The Morgan fingerprint density at radius 1 is 0.970 bits per heavy atom. The Kier molecular flexibility index (Phi) is 10.4. The van der Waals surface area contributed by atoms with Crippen LogP contribution in [0, 0.1) is 0 Å². The summed E-state index contributed by atoms with van der Waals surface area (Å²) >= 11 is 0. The van der Waals surface area contributed by atoms with Crippen LogP contribution in [0.25, 0.3) is 0 Å². The first-order valence-corrected chi connectivity index (χ1v) is 13.2. The average Bonchev–Trinajstić information content (AvgIpc) is 2.80. The van der Waals surface area contributed by atoms with Crippen LogP contribution < -0.4 is 9.62 Å². The van der Waals surface area contributed by atoms with Crippen molar-refractivity contribution in [3.8, 4) is 0 Å². The second-order valence-electron chi connectivity index (χ2n) is 8.10. The fourth-order valence-electron chi connectivity index (χ4n) is 3.50. The smallest absolute Gasteiger partial charge is 0.242 e. The van der Waals surface area contributed by atoms with Crippen LogP contribution in [0.3, 0.4) is 0 Å². The van der Waals surface area contributed by atoms with E-state index in [2.05, 4.69) is 12.2 Å². The minimum absolute atomic E-state index is 0.137. The van der Waals surface area contributed by atoms with Crippen LogP contribution in [-0.4, -0.2) is 50.5 Å². The molecule has 0 fully saturated rings. The number of benzene rings is 2. The molecular weight excluding hydrogens is 438 g/mol. The van der Waals surface area contributed by atoms with Crippen molar-refractivity contribution >= 4 is 27.5 Å². The van der Waals surface area contributed by atoms with Crippen LogP contribution in [0.2, 0.25) is 0 Å². The van der Waals surface area contributed by atoms with Crippen molar-refractivity contribution in [2.24, 2.45) is 0 Å². The molecule has 0 saturated heterocycles. The molecule has 1 atom stereocenters. The van der Waals surface area contributed by atoms with Crippen LogP contribution >= 0.6 is 0 Å². The predicted octanol–water partition coefficient (Wildman–Crippen LogP) is 3.57. The first-order chi connectivity index (χ1) is 15.7. The van der Waals surface area contributed by atoms with Gasteiger partial charge in [0, 0.05) is 26.1 Å². The summed E-state index contributed by atoms with van der Waals surface area (Å²) in [5.41, 5.74) is 1.50. The molecule has 0 radical (unpaired) electrons. The standard InChI is InChI=1S/C25H35N3O4S/c1-4-5-18-26-25(30)21(2)27(20-22-13-8-6-9-14-22)24(29)17-12-19-28(33(3,31)32)23-15-10-7-11-16-23/h6-11,13-16,21H,4-5,12,17-20H2,1-3H3,(H,26,30)/t21-/m0/s1. The maximum atomic E-state index is 13.2. The minimum atomic E-state index is -3.48. The van der Waals surface area contributed by atoms with Crippen molar-refractivity contribution in [3.63, 3.8) is 0 Å². The maximum Gasteiger partial charge on any atom is 0.242 e. The Labute approximate surface area is 197 Å². The molecule has 0 aliphatic heterocycles. The fraction of sp³-hybridized carbons (Fsp3) is 0.440. The molecule has 0 spiro atoms. The van der Waals surface area contributed by atoms with E-state index in [1.807, 2.05) is 36.4 Å². The highest BCUT2D eigenvalue weighted by atomic mass is 32.2. The average molecular weight is 474 g/mol. The zero-order valence-electron chi connectivity index (χ0n) is 19.7. The van der Waals surface area contributed by atoms with E-state index in [4.69, 9.17) is 0 Å².